The third kappa shape index (κ3) is 5.64. The van der Waals surface area contributed by atoms with E-state index in [-0.39, 0.29) is 19.0 Å². The fourth-order valence-corrected chi connectivity index (χ4v) is 3.84. The van der Waals surface area contributed by atoms with Crippen LogP contribution in [0.2, 0.25) is 0 Å². The molecule has 2 amide bonds. The SMILES string of the molecule is Nc1ccc(C(=O)NCC(=O)Nc2nc(-c3cccc(-c4ccn(CC(=O)O)n4)c3)cs2)cc1. The van der Waals surface area contributed by atoms with Crippen molar-refractivity contribution < 1.29 is 19.5 Å². The molecule has 0 aliphatic carbocycles. The van der Waals surface area contributed by atoms with Crippen LogP contribution < -0.4 is 16.4 Å². The van der Waals surface area contributed by atoms with Crippen LogP contribution in [-0.4, -0.2) is 44.2 Å². The van der Waals surface area contributed by atoms with Crippen molar-refractivity contribution in [2.24, 2.45) is 0 Å². The number of hydrogen-bond acceptors (Lipinski definition) is 7. The molecule has 0 spiro atoms. The third-order valence-corrected chi connectivity index (χ3v) is 5.48. The second-order valence-electron chi connectivity index (χ2n) is 7.26. The summed E-state index contributed by atoms with van der Waals surface area (Å²) < 4.78 is 1.35. The summed E-state index contributed by atoms with van der Waals surface area (Å²) in [6.07, 6.45) is 1.61. The zero-order chi connectivity index (χ0) is 24.1. The molecule has 11 heteroatoms. The van der Waals surface area contributed by atoms with E-state index in [1.54, 1.807) is 36.5 Å². The predicted molar refractivity (Wildman–Crippen MR) is 128 cm³/mol. The molecule has 0 saturated carbocycles. The Bertz CT molecular complexity index is 1350. The number of hydrogen-bond donors (Lipinski definition) is 4. The molecular weight excluding hydrogens is 456 g/mol. The quantitative estimate of drug-likeness (QED) is 0.285. The molecule has 0 unspecified atom stereocenters. The lowest BCUT2D eigenvalue weighted by molar-refractivity contribution is -0.137. The monoisotopic (exact) mass is 476 g/mol. The van der Waals surface area contributed by atoms with Gasteiger partial charge in [0, 0.05) is 34.0 Å². The molecule has 0 radical (unpaired) electrons. The molecule has 5 N–H and O–H groups in total. The Balaban J connectivity index is 1.37. The van der Waals surface area contributed by atoms with E-state index >= 15 is 0 Å². The van der Waals surface area contributed by atoms with Crippen LogP contribution in [-0.2, 0) is 16.1 Å². The molecule has 2 heterocycles. The van der Waals surface area contributed by atoms with Gasteiger partial charge in [0.25, 0.3) is 5.91 Å². The summed E-state index contributed by atoms with van der Waals surface area (Å²) in [6, 6.07) is 15.6. The van der Waals surface area contributed by atoms with E-state index < -0.39 is 11.9 Å². The molecule has 0 aliphatic rings. The van der Waals surface area contributed by atoms with E-state index in [0.29, 0.717) is 27.8 Å². The molecule has 0 saturated heterocycles. The highest BCUT2D eigenvalue weighted by Crippen LogP contribution is 2.28. The zero-order valence-corrected chi connectivity index (χ0v) is 18.6. The average molecular weight is 477 g/mol. The Kier molecular flexibility index (Phi) is 6.64. The summed E-state index contributed by atoms with van der Waals surface area (Å²) in [4.78, 5) is 39.7. The van der Waals surface area contributed by atoms with Gasteiger partial charge in [-0.2, -0.15) is 5.10 Å². The molecule has 0 aliphatic heterocycles. The molecule has 4 rings (SSSR count). The molecular formula is C23H20N6O4S. The number of benzene rings is 2. The van der Waals surface area contributed by atoms with Crippen molar-refractivity contribution in [3.63, 3.8) is 0 Å². The Morgan fingerprint density at radius 3 is 2.50 bits per heavy atom. The minimum absolute atomic E-state index is 0.202. The van der Waals surface area contributed by atoms with Crippen molar-refractivity contribution in [1.82, 2.24) is 20.1 Å². The summed E-state index contributed by atoms with van der Waals surface area (Å²) in [5.41, 5.74) is 9.50. The summed E-state index contributed by atoms with van der Waals surface area (Å²) in [7, 11) is 0. The highest BCUT2D eigenvalue weighted by atomic mass is 32.1. The van der Waals surface area contributed by atoms with Gasteiger partial charge in [-0.25, -0.2) is 4.98 Å². The number of carboxylic acids is 1. The third-order valence-electron chi connectivity index (χ3n) is 4.72. The number of thiazole rings is 1. The van der Waals surface area contributed by atoms with E-state index in [1.165, 1.54) is 16.0 Å². The number of carboxylic acid groups (broad SMARTS) is 1. The molecule has 172 valence electrons. The van der Waals surface area contributed by atoms with Crippen LogP contribution in [0, 0.1) is 0 Å². The Morgan fingerprint density at radius 1 is 1.03 bits per heavy atom. The fourth-order valence-electron chi connectivity index (χ4n) is 3.10. The first-order valence-electron chi connectivity index (χ1n) is 10.1. The van der Waals surface area contributed by atoms with Gasteiger partial charge in [0.1, 0.15) is 6.54 Å². The van der Waals surface area contributed by atoms with Crippen molar-refractivity contribution in [1.29, 1.82) is 0 Å². The van der Waals surface area contributed by atoms with Crippen molar-refractivity contribution in [2.75, 3.05) is 17.6 Å². The first-order valence-corrected chi connectivity index (χ1v) is 11.0. The standard InChI is InChI=1S/C23H20N6O4S/c24-17-6-4-14(5-7-17)22(33)25-11-20(30)27-23-26-19(13-34-23)16-3-1-2-15(10-16)18-8-9-29(28-18)12-21(31)32/h1-10,13H,11-12,24H2,(H,25,33)(H,31,32)(H,26,27,30). The maximum atomic E-state index is 12.2. The van der Waals surface area contributed by atoms with Crippen LogP contribution in [0.3, 0.4) is 0 Å². The lowest BCUT2D eigenvalue weighted by atomic mass is 10.1. The van der Waals surface area contributed by atoms with Crippen LogP contribution >= 0.6 is 11.3 Å². The second kappa shape index (κ2) is 9.96. The van der Waals surface area contributed by atoms with E-state index in [1.807, 2.05) is 29.6 Å². The topological polar surface area (TPSA) is 152 Å². The number of nitrogens with two attached hydrogens (primary N) is 1. The number of aromatic nitrogens is 3. The van der Waals surface area contributed by atoms with Gasteiger partial charge >= 0.3 is 5.97 Å². The number of carbonyl (C=O) groups excluding carboxylic acids is 2. The Hall–Kier alpha value is -4.51. The molecule has 10 nitrogen and oxygen atoms in total. The number of nitrogens with zero attached hydrogens (tertiary/aromatic N) is 3. The summed E-state index contributed by atoms with van der Waals surface area (Å²) in [6.45, 7) is -0.415. The van der Waals surface area contributed by atoms with Crippen molar-refractivity contribution >= 4 is 39.9 Å². The number of carbonyl (C=O) groups is 3. The molecule has 0 atom stereocenters. The van der Waals surface area contributed by atoms with Gasteiger partial charge in [0.15, 0.2) is 5.13 Å². The van der Waals surface area contributed by atoms with Crippen molar-refractivity contribution in [3.8, 4) is 22.5 Å². The van der Waals surface area contributed by atoms with Crippen LogP contribution in [0.25, 0.3) is 22.5 Å². The first kappa shape index (κ1) is 22.7. The van der Waals surface area contributed by atoms with E-state index in [2.05, 4.69) is 20.7 Å². The minimum Gasteiger partial charge on any atom is -0.480 e. The number of amides is 2. The average Bonchev–Trinajstić information content (AvgIpc) is 3.47. The number of rotatable bonds is 8. The molecule has 2 aromatic heterocycles. The smallest absolute Gasteiger partial charge is 0.325 e. The first-order chi connectivity index (χ1) is 16.4. The van der Waals surface area contributed by atoms with Crippen LogP contribution in [0.1, 0.15) is 10.4 Å². The van der Waals surface area contributed by atoms with Crippen LogP contribution in [0.4, 0.5) is 10.8 Å². The lowest BCUT2D eigenvalue weighted by Crippen LogP contribution is -2.32. The maximum Gasteiger partial charge on any atom is 0.325 e. The van der Waals surface area contributed by atoms with Crippen LogP contribution in [0.5, 0.6) is 0 Å². The summed E-state index contributed by atoms with van der Waals surface area (Å²) in [5.74, 6) is -1.75. The van der Waals surface area contributed by atoms with Crippen molar-refractivity contribution in [3.05, 3.63) is 71.7 Å². The normalized spacial score (nSPS) is 10.6. The van der Waals surface area contributed by atoms with Gasteiger partial charge < -0.3 is 21.5 Å². The number of anilines is 2. The molecule has 34 heavy (non-hydrogen) atoms. The molecule has 0 bridgehead atoms. The molecule has 2 aromatic carbocycles. The second-order valence-corrected chi connectivity index (χ2v) is 8.12. The van der Waals surface area contributed by atoms with Gasteiger partial charge in [-0.3, -0.25) is 19.1 Å². The predicted octanol–water partition coefficient (Wildman–Crippen LogP) is 2.71. The highest BCUT2D eigenvalue weighted by molar-refractivity contribution is 7.14. The van der Waals surface area contributed by atoms with Gasteiger partial charge in [0.05, 0.1) is 17.9 Å². The zero-order valence-electron chi connectivity index (χ0n) is 17.8. The summed E-state index contributed by atoms with van der Waals surface area (Å²) >= 11 is 1.26. The number of nitrogens with one attached hydrogen (secondary N) is 2. The molecule has 4 aromatic rings. The number of nitrogen functional groups attached to an aromatic ring is 1. The highest BCUT2D eigenvalue weighted by Gasteiger charge is 2.12. The van der Waals surface area contributed by atoms with Gasteiger partial charge in [0.2, 0.25) is 5.91 Å². The summed E-state index contributed by atoms with van der Waals surface area (Å²) in [5, 5.41) is 20.6. The minimum atomic E-state index is -0.967. The van der Waals surface area contributed by atoms with Gasteiger partial charge in [-0.15, -0.1) is 11.3 Å². The lowest BCUT2D eigenvalue weighted by Gasteiger charge is -2.05. The van der Waals surface area contributed by atoms with Gasteiger partial charge in [-0.1, -0.05) is 18.2 Å². The maximum absolute atomic E-state index is 12.2. The van der Waals surface area contributed by atoms with E-state index in [0.717, 1.165) is 11.1 Å². The molecule has 0 fully saturated rings. The Morgan fingerprint density at radius 2 is 1.76 bits per heavy atom. The van der Waals surface area contributed by atoms with E-state index in [4.69, 9.17) is 10.8 Å². The van der Waals surface area contributed by atoms with E-state index in [9.17, 15) is 14.4 Å². The largest absolute Gasteiger partial charge is 0.480 e. The Labute approximate surface area is 198 Å². The van der Waals surface area contributed by atoms with Gasteiger partial charge in [-0.05, 0) is 36.4 Å². The van der Waals surface area contributed by atoms with Crippen LogP contribution in [0.15, 0.2) is 66.2 Å². The fraction of sp³-hybridized carbons (Fsp3) is 0.0870. The van der Waals surface area contributed by atoms with Crippen molar-refractivity contribution in [2.45, 2.75) is 6.54 Å². The number of aliphatic carboxylic acids is 1.